The molecule has 1 aromatic heterocycles. The Kier molecular flexibility index (Phi) is 5.15. The molecule has 6 nitrogen and oxygen atoms in total. The zero-order chi connectivity index (χ0) is 13.7. The molecule has 2 heterocycles. The van der Waals surface area contributed by atoms with Gasteiger partial charge in [-0.25, -0.2) is 4.68 Å². The molecule has 102 valence electrons. The Bertz CT molecular complexity index is 403. The molecule has 0 aromatic carbocycles. The summed E-state index contributed by atoms with van der Waals surface area (Å²) in [6.45, 7) is 7.46. The van der Waals surface area contributed by atoms with E-state index in [1.54, 1.807) is 4.68 Å². The van der Waals surface area contributed by atoms with Gasteiger partial charge in [0.25, 0.3) is 5.91 Å². The number of primary amides is 1. The van der Waals surface area contributed by atoms with Crippen molar-refractivity contribution in [3.63, 3.8) is 0 Å². The van der Waals surface area contributed by atoms with E-state index in [9.17, 15) is 4.79 Å². The van der Waals surface area contributed by atoms with Crippen molar-refractivity contribution in [3.05, 3.63) is 11.8 Å². The van der Waals surface area contributed by atoms with Crippen LogP contribution in [0.3, 0.4) is 0 Å². The highest BCUT2D eigenvalue weighted by molar-refractivity contribution is 5.96. The van der Waals surface area contributed by atoms with Crippen molar-refractivity contribution in [2.75, 3.05) is 18.9 Å². The highest BCUT2D eigenvalue weighted by Gasteiger charge is 2.27. The van der Waals surface area contributed by atoms with Crippen LogP contribution in [0.15, 0.2) is 6.20 Å². The van der Waals surface area contributed by atoms with Crippen LogP contribution in [0.4, 0.5) is 5.82 Å². The molecule has 1 fully saturated rings. The number of hydrogen-bond acceptors (Lipinski definition) is 4. The molecule has 4 N–H and O–H groups in total. The van der Waals surface area contributed by atoms with Crippen LogP contribution < -0.4 is 11.5 Å². The number of ether oxygens (including phenoxy) is 1. The number of carbonyl (C=O) groups excluding carboxylic acids is 1. The molecule has 1 amide bonds. The van der Waals surface area contributed by atoms with Crippen LogP contribution in [-0.2, 0) is 4.74 Å². The zero-order valence-electron chi connectivity index (χ0n) is 11.2. The average Bonchev–Trinajstić information content (AvgIpc) is 2.74. The van der Waals surface area contributed by atoms with Crippen molar-refractivity contribution < 1.29 is 9.53 Å². The number of hydrogen-bond donors (Lipinski definition) is 2. The number of carbonyl (C=O) groups is 1. The smallest absolute Gasteiger partial charge is 0.254 e. The molecular formula is C12H22N4O2. The lowest BCUT2D eigenvalue weighted by molar-refractivity contribution is 0.0257. The maximum absolute atomic E-state index is 11.1. The first kappa shape index (κ1) is 14.5. The van der Waals surface area contributed by atoms with Crippen molar-refractivity contribution in [2.45, 2.75) is 33.2 Å². The predicted molar refractivity (Wildman–Crippen MR) is 70.1 cm³/mol. The lowest BCUT2D eigenvalue weighted by atomic mass is 9.98. The summed E-state index contributed by atoms with van der Waals surface area (Å²) in [6, 6.07) is 0.182. The van der Waals surface area contributed by atoms with E-state index in [4.69, 9.17) is 16.2 Å². The monoisotopic (exact) mass is 254 g/mol. The van der Waals surface area contributed by atoms with Crippen molar-refractivity contribution in [3.8, 4) is 0 Å². The topological polar surface area (TPSA) is 96.2 Å². The molecule has 1 aliphatic rings. The fourth-order valence-electron chi connectivity index (χ4n) is 2.06. The molecule has 2 unspecified atom stereocenters. The van der Waals surface area contributed by atoms with Gasteiger partial charge >= 0.3 is 0 Å². The zero-order valence-corrected chi connectivity index (χ0v) is 11.2. The van der Waals surface area contributed by atoms with Crippen LogP contribution in [0.5, 0.6) is 0 Å². The minimum atomic E-state index is -0.538. The summed E-state index contributed by atoms with van der Waals surface area (Å²) in [6.07, 6.45) is 2.28. The third kappa shape index (κ3) is 2.81. The van der Waals surface area contributed by atoms with Gasteiger partial charge in [-0.1, -0.05) is 20.8 Å². The number of rotatable bonds is 2. The molecule has 1 aliphatic heterocycles. The highest BCUT2D eigenvalue weighted by Crippen LogP contribution is 2.29. The van der Waals surface area contributed by atoms with Gasteiger partial charge in [0.2, 0.25) is 0 Å². The summed E-state index contributed by atoms with van der Waals surface area (Å²) in [7, 11) is 0. The van der Waals surface area contributed by atoms with Crippen LogP contribution in [0.25, 0.3) is 0 Å². The van der Waals surface area contributed by atoms with E-state index in [1.165, 1.54) is 6.20 Å². The van der Waals surface area contributed by atoms with Crippen LogP contribution in [-0.4, -0.2) is 28.9 Å². The lowest BCUT2D eigenvalue weighted by Crippen LogP contribution is -2.29. The van der Waals surface area contributed by atoms with E-state index < -0.39 is 5.91 Å². The highest BCUT2D eigenvalue weighted by atomic mass is 16.5. The molecule has 0 saturated carbocycles. The fourth-order valence-corrected chi connectivity index (χ4v) is 2.06. The second kappa shape index (κ2) is 6.39. The van der Waals surface area contributed by atoms with Gasteiger partial charge in [0.15, 0.2) is 0 Å². The van der Waals surface area contributed by atoms with Crippen LogP contribution >= 0.6 is 0 Å². The number of anilines is 1. The summed E-state index contributed by atoms with van der Waals surface area (Å²) in [5.74, 6) is 0.145. The predicted octanol–water partition coefficient (Wildman–Crippen LogP) is 1.19. The summed E-state index contributed by atoms with van der Waals surface area (Å²) >= 11 is 0. The Morgan fingerprint density at radius 3 is 2.72 bits per heavy atom. The van der Waals surface area contributed by atoms with Crippen molar-refractivity contribution in [1.29, 1.82) is 0 Å². The van der Waals surface area contributed by atoms with E-state index in [0.29, 0.717) is 30.5 Å². The quantitative estimate of drug-likeness (QED) is 0.828. The summed E-state index contributed by atoms with van der Waals surface area (Å²) < 4.78 is 7.04. The molecule has 6 heteroatoms. The fraction of sp³-hybridized carbons (Fsp3) is 0.667. The van der Waals surface area contributed by atoms with Crippen LogP contribution in [0, 0.1) is 5.92 Å². The molecule has 2 rings (SSSR count). The number of aromatic nitrogens is 2. The molecular weight excluding hydrogens is 232 g/mol. The lowest BCUT2D eigenvalue weighted by Gasteiger charge is -2.29. The Balaban J connectivity index is 0.000000771. The first-order chi connectivity index (χ1) is 8.61. The molecule has 18 heavy (non-hydrogen) atoms. The molecule has 2 atom stereocenters. The largest absolute Gasteiger partial charge is 0.383 e. The SMILES string of the molecule is CC.CC1COCCC1n1ncc(C(N)=O)c1N. The number of nitrogens with zero attached hydrogens (tertiary/aromatic N) is 2. The Morgan fingerprint density at radius 2 is 2.22 bits per heavy atom. The summed E-state index contributed by atoms with van der Waals surface area (Å²) in [4.78, 5) is 11.1. The second-order valence-electron chi connectivity index (χ2n) is 4.16. The molecule has 0 bridgehead atoms. The number of nitrogen functional groups attached to an aromatic ring is 1. The first-order valence-electron chi connectivity index (χ1n) is 6.31. The molecule has 0 aliphatic carbocycles. The number of amides is 1. The average molecular weight is 254 g/mol. The summed E-state index contributed by atoms with van der Waals surface area (Å²) in [5.41, 5.74) is 11.3. The molecule has 1 saturated heterocycles. The van der Waals surface area contributed by atoms with Crippen molar-refractivity contribution in [1.82, 2.24) is 9.78 Å². The maximum Gasteiger partial charge on any atom is 0.254 e. The Labute approximate surface area is 107 Å². The van der Waals surface area contributed by atoms with Crippen LogP contribution in [0.2, 0.25) is 0 Å². The molecule has 0 radical (unpaired) electrons. The van der Waals surface area contributed by atoms with E-state index in [-0.39, 0.29) is 6.04 Å². The van der Waals surface area contributed by atoms with Gasteiger partial charge in [0.1, 0.15) is 11.4 Å². The van der Waals surface area contributed by atoms with Gasteiger partial charge < -0.3 is 16.2 Å². The van der Waals surface area contributed by atoms with Gasteiger partial charge in [-0.05, 0) is 6.42 Å². The minimum Gasteiger partial charge on any atom is -0.383 e. The summed E-state index contributed by atoms with van der Waals surface area (Å²) in [5, 5.41) is 4.15. The van der Waals surface area contributed by atoms with E-state index in [1.807, 2.05) is 13.8 Å². The normalized spacial score (nSPS) is 23.1. The third-order valence-electron chi connectivity index (χ3n) is 3.01. The standard InChI is InChI=1S/C10H16N4O2.C2H6/c1-6-5-16-3-2-8(6)14-9(11)7(4-13-14)10(12)15;1-2/h4,6,8H,2-3,5,11H2,1H3,(H2,12,15);1-2H3. The Morgan fingerprint density at radius 1 is 1.56 bits per heavy atom. The molecule has 1 aromatic rings. The van der Waals surface area contributed by atoms with Crippen molar-refractivity contribution >= 4 is 11.7 Å². The second-order valence-corrected chi connectivity index (χ2v) is 4.16. The van der Waals surface area contributed by atoms with Gasteiger partial charge in [0.05, 0.1) is 18.8 Å². The van der Waals surface area contributed by atoms with Gasteiger partial charge in [0, 0.05) is 12.5 Å². The Hall–Kier alpha value is -1.56. The minimum absolute atomic E-state index is 0.182. The molecule has 0 spiro atoms. The van der Waals surface area contributed by atoms with Gasteiger partial charge in [-0.15, -0.1) is 0 Å². The maximum atomic E-state index is 11.1. The number of nitrogens with two attached hydrogens (primary N) is 2. The van der Waals surface area contributed by atoms with E-state index in [0.717, 1.165) is 6.42 Å². The van der Waals surface area contributed by atoms with E-state index >= 15 is 0 Å². The third-order valence-corrected chi connectivity index (χ3v) is 3.01. The van der Waals surface area contributed by atoms with E-state index in [2.05, 4.69) is 12.0 Å². The van der Waals surface area contributed by atoms with Gasteiger partial charge in [-0.3, -0.25) is 4.79 Å². The van der Waals surface area contributed by atoms with Gasteiger partial charge in [-0.2, -0.15) is 5.10 Å². The van der Waals surface area contributed by atoms with Crippen molar-refractivity contribution in [2.24, 2.45) is 11.7 Å². The van der Waals surface area contributed by atoms with Crippen LogP contribution in [0.1, 0.15) is 43.6 Å². The first-order valence-corrected chi connectivity index (χ1v) is 6.31.